The Morgan fingerprint density at radius 1 is 1.15 bits per heavy atom. The lowest BCUT2D eigenvalue weighted by atomic mass is 10.2. The molecule has 6 nitrogen and oxygen atoms in total. The number of nitro groups is 1. The van der Waals surface area contributed by atoms with E-state index in [1.165, 1.54) is 23.5 Å². The van der Waals surface area contributed by atoms with Crippen LogP contribution in [0.25, 0.3) is 27.6 Å². The molecule has 0 aliphatic carbocycles. The van der Waals surface area contributed by atoms with Crippen molar-refractivity contribution < 1.29 is 4.92 Å². The Balaban J connectivity index is 1.74. The predicted octanol–water partition coefficient (Wildman–Crippen LogP) is 5.06. The van der Waals surface area contributed by atoms with Crippen molar-refractivity contribution in [1.29, 1.82) is 5.26 Å². The van der Waals surface area contributed by atoms with E-state index in [1.54, 1.807) is 18.2 Å². The van der Waals surface area contributed by atoms with E-state index in [2.05, 4.69) is 11.1 Å². The third-order valence-corrected chi connectivity index (χ3v) is 5.13. The van der Waals surface area contributed by atoms with Crippen LogP contribution in [-0.4, -0.2) is 14.5 Å². The Bertz CT molecular complexity index is 1180. The molecule has 0 aliphatic rings. The number of fused-ring (bicyclic) bond motifs is 1. The second-order valence-electron chi connectivity index (χ2n) is 5.73. The zero-order chi connectivity index (χ0) is 18.8. The summed E-state index contributed by atoms with van der Waals surface area (Å²) in [5.74, 6) is 0. The number of hydrogen-bond donors (Lipinski definition) is 0. The van der Waals surface area contributed by atoms with Crippen LogP contribution in [0, 0.1) is 21.4 Å². The van der Waals surface area contributed by atoms with Crippen LogP contribution in [0.2, 0.25) is 0 Å². The van der Waals surface area contributed by atoms with Gasteiger partial charge >= 0.3 is 0 Å². The Kier molecular flexibility index (Phi) is 4.24. The number of non-ortho nitro benzene ring substituents is 1. The standard InChI is InChI=1S/C20H12N4O2S/c21-13-14(20-22-18-5-1-2-6-19(18)27-20)12-17-4-3-11-23(17)15-7-9-16(10-8-15)24(25)26/h1-12H/b14-12+. The van der Waals surface area contributed by atoms with Gasteiger partial charge in [0.15, 0.2) is 0 Å². The van der Waals surface area contributed by atoms with Gasteiger partial charge < -0.3 is 4.57 Å². The smallest absolute Gasteiger partial charge is 0.269 e. The van der Waals surface area contributed by atoms with Gasteiger partial charge in [-0.1, -0.05) is 12.1 Å². The number of allylic oxidation sites excluding steroid dienone is 1. The van der Waals surface area contributed by atoms with Crippen LogP contribution in [0.4, 0.5) is 5.69 Å². The summed E-state index contributed by atoms with van der Waals surface area (Å²) in [4.78, 5) is 14.9. The fourth-order valence-electron chi connectivity index (χ4n) is 2.76. The lowest BCUT2D eigenvalue weighted by molar-refractivity contribution is -0.384. The summed E-state index contributed by atoms with van der Waals surface area (Å²) in [6.07, 6.45) is 3.62. The number of rotatable bonds is 4. The maximum Gasteiger partial charge on any atom is 0.269 e. The number of nitriles is 1. The third-order valence-electron chi connectivity index (χ3n) is 4.06. The Morgan fingerprint density at radius 3 is 2.63 bits per heavy atom. The van der Waals surface area contributed by atoms with Gasteiger partial charge in [-0.15, -0.1) is 11.3 Å². The summed E-state index contributed by atoms with van der Waals surface area (Å²) in [6.45, 7) is 0. The number of thiazole rings is 1. The minimum absolute atomic E-state index is 0.0372. The number of nitrogens with zero attached hydrogens (tertiary/aromatic N) is 4. The first-order chi connectivity index (χ1) is 13.2. The quantitative estimate of drug-likeness (QED) is 0.285. The zero-order valence-electron chi connectivity index (χ0n) is 13.9. The molecule has 2 aromatic carbocycles. The van der Waals surface area contributed by atoms with Gasteiger partial charge in [-0.3, -0.25) is 10.1 Å². The van der Waals surface area contributed by atoms with Crippen LogP contribution < -0.4 is 0 Å². The van der Waals surface area contributed by atoms with Crippen molar-refractivity contribution >= 4 is 38.9 Å². The molecule has 4 rings (SSSR count). The van der Waals surface area contributed by atoms with Crippen LogP contribution in [0.15, 0.2) is 66.9 Å². The maximum absolute atomic E-state index is 10.8. The first-order valence-electron chi connectivity index (χ1n) is 8.05. The van der Waals surface area contributed by atoms with Crippen molar-refractivity contribution in [3.05, 3.63) is 87.7 Å². The fraction of sp³-hybridized carbons (Fsp3) is 0. The van der Waals surface area contributed by atoms with E-state index in [9.17, 15) is 15.4 Å². The second-order valence-corrected chi connectivity index (χ2v) is 6.76. The molecule has 7 heteroatoms. The molecule has 0 spiro atoms. The van der Waals surface area contributed by atoms with E-state index in [-0.39, 0.29) is 5.69 Å². The van der Waals surface area contributed by atoms with E-state index in [0.717, 1.165) is 21.6 Å². The van der Waals surface area contributed by atoms with Crippen molar-refractivity contribution in [2.45, 2.75) is 0 Å². The van der Waals surface area contributed by atoms with Gasteiger partial charge in [-0.25, -0.2) is 4.98 Å². The number of aromatic nitrogens is 2. The van der Waals surface area contributed by atoms with Crippen LogP contribution in [0.5, 0.6) is 0 Å². The normalized spacial score (nSPS) is 11.4. The Morgan fingerprint density at radius 2 is 1.93 bits per heavy atom. The molecule has 0 saturated carbocycles. The van der Waals surface area contributed by atoms with Crippen LogP contribution in [-0.2, 0) is 0 Å². The highest BCUT2D eigenvalue weighted by Crippen LogP contribution is 2.28. The summed E-state index contributed by atoms with van der Waals surface area (Å²) in [7, 11) is 0. The molecule has 2 aromatic heterocycles. The Hall–Kier alpha value is -3.76. The predicted molar refractivity (Wildman–Crippen MR) is 106 cm³/mol. The number of nitro benzene ring substituents is 1. The highest BCUT2D eigenvalue weighted by atomic mass is 32.1. The minimum Gasteiger partial charge on any atom is -0.317 e. The van der Waals surface area contributed by atoms with Crippen LogP contribution in [0.3, 0.4) is 0 Å². The van der Waals surface area contributed by atoms with E-state index < -0.39 is 4.92 Å². The van der Waals surface area contributed by atoms with Crippen LogP contribution in [0.1, 0.15) is 10.7 Å². The van der Waals surface area contributed by atoms with Crippen LogP contribution >= 0.6 is 11.3 Å². The molecular weight excluding hydrogens is 360 g/mol. The van der Waals surface area contributed by atoms with Crippen molar-refractivity contribution in [3.63, 3.8) is 0 Å². The van der Waals surface area contributed by atoms with Gasteiger partial charge in [0, 0.05) is 29.7 Å². The van der Waals surface area contributed by atoms with Gasteiger partial charge in [0.2, 0.25) is 0 Å². The second kappa shape index (κ2) is 6.86. The van der Waals surface area contributed by atoms with E-state index in [1.807, 2.05) is 47.2 Å². The third kappa shape index (κ3) is 3.21. The molecule has 0 amide bonds. The molecule has 0 N–H and O–H groups in total. The maximum atomic E-state index is 10.8. The molecule has 0 atom stereocenters. The fourth-order valence-corrected chi connectivity index (χ4v) is 3.69. The molecule has 2 heterocycles. The molecular formula is C20H12N4O2S. The SMILES string of the molecule is N#C/C(=C\c1cccn1-c1ccc([N+](=O)[O-])cc1)c1nc2ccccc2s1. The largest absolute Gasteiger partial charge is 0.317 e. The first kappa shape index (κ1) is 16.7. The lowest BCUT2D eigenvalue weighted by Gasteiger charge is -2.06. The average Bonchev–Trinajstić information content (AvgIpc) is 3.32. The molecule has 0 unspecified atom stereocenters. The van der Waals surface area contributed by atoms with Crippen molar-refractivity contribution in [2.24, 2.45) is 0 Å². The zero-order valence-corrected chi connectivity index (χ0v) is 14.8. The monoisotopic (exact) mass is 372 g/mol. The molecule has 130 valence electrons. The Labute approximate surface area is 158 Å². The lowest BCUT2D eigenvalue weighted by Crippen LogP contribution is -1.96. The molecule has 4 aromatic rings. The van der Waals surface area contributed by atoms with Crippen molar-refractivity contribution in [3.8, 4) is 11.8 Å². The molecule has 0 fully saturated rings. The molecule has 27 heavy (non-hydrogen) atoms. The summed E-state index contributed by atoms with van der Waals surface area (Å²) in [5.41, 5.74) is 2.94. The first-order valence-corrected chi connectivity index (χ1v) is 8.87. The number of hydrogen-bond acceptors (Lipinski definition) is 5. The summed E-state index contributed by atoms with van der Waals surface area (Å²) >= 11 is 1.47. The van der Waals surface area contributed by atoms with E-state index >= 15 is 0 Å². The highest BCUT2D eigenvalue weighted by Gasteiger charge is 2.11. The molecule has 0 saturated heterocycles. The number of benzene rings is 2. The minimum atomic E-state index is -0.429. The van der Waals surface area contributed by atoms with Gasteiger partial charge in [-0.2, -0.15) is 5.26 Å². The average molecular weight is 372 g/mol. The van der Waals surface area contributed by atoms with Gasteiger partial charge in [0.25, 0.3) is 5.69 Å². The molecule has 0 radical (unpaired) electrons. The number of para-hydroxylation sites is 1. The summed E-state index contributed by atoms with van der Waals surface area (Å²) < 4.78 is 2.90. The van der Waals surface area contributed by atoms with Gasteiger partial charge in [-0.05, 0) is 42.5 Å². The highest BCUT2D eigenvalue weighted by molar-refractivity contribution is 7.19. The topological polar surface area (TPSA) is 84.8 Å². The van der Waals surface area contributed by atoms with E-state index in [4.69, 9.17) is 0 Å². The van der Waals surface area contributed by atoms with Crippen molar-refractivity contribution in [2.75, 3.05) is 0 Å². The summed E-state index contributed by atoms with van der Waals surface area (Å²) in [6, 6.07) is 20.0. The molecule has 0 bridgehead atoms. The van der Waals surface area contributed by atoms with Crippen molar-refractivity contribution in [1.82, 2.24) is 9.55 Å². The molecule has 0 aliphatic heterocycles. The summed E-state index contributed by atoms with van der Waals surface area (Å²) in [5, 5.41) is 21.1. The van der Waals surface area contributed by atoms with E-state index in [0.29, 0.717) is 10.6 Å². The van der Waals surface area contributed by atoms with Gasteiger partial charge in [0.1, 0.15) is 11.1 Å². The van der Waals surface area contributed by atoms with Gasteiger partial charge in [0.05, 0.1) is 20.7 Å².